The van der Waals surface area contributed by atoms with Crippen LogP contribution in [0.1, 0.15) is 27.8 Å². The zero-order valence-electron chi connectivity index (χ0n) is 13.8. The first-order valence-electron chi connectivity index (χ1n) is 8.16. The molecule has 0 bridgehead atoms. The number of phenols is 1. The van der Waals surface area contributed by atoms with Crippen molar-refractivity contribution in [1.82, 2.24) is 9.99 Å². The van der Waals surface area contributed by atoms with E-state index in [0.717, 1.165) is 5.69 Å². The van der Waals surface area contributed by atoms with Gasteiger partial charge in [0.1, 0.15) is 5.75 Å². The van der Waals surface area contributed by atoms with Crippen molar-refractivity contribution >= 4 is 17.8 Å². The van der Waals surface area contributed by atoms with Gasteiger partial charge in [-0.05, 0) is 36.4 Å². The van der Waals surface area contributed by atoms with Gasteiger partial charge in [-0.2, -0.15) is 5.10 Å². The maximum absolute atomic E-state index is 13.0. The van der Waals surface area contributed by atoms with Gasteiger partial charge in [0.2, 0.25) is 0 Å². The Labute approximate surface area is 150 Å². The lowest BCUT2D eigenvalue weighted by atomic mass is 10.1. The molecule has 0 spiro atoms. The number of aromatic hydroxyl groups is 1. The molecule has 128 valence electrons. The Kier molecular flexibility index (Phi) is 4.07. The van der Waals surface area contributed by atoms with E-state index in [4.69, 9.17) is 0 Å². The number of hydrazone groups is 1. The minimum atomic E-state index is -0.541. The van der Waals surface area contributed by atoms with Crippen LogP contribution in [0.3, 0.4) is 0 Å². The number of carbonyl (C=O) groups excluding carboxylic acids is 1. The van der Waals surface area contributed by atoms with Crippen LogP contribution in [0, 0.1) is 0 Å². The van der Waals surface area contributed by atoms with Gasteiger partial charge in [0, 0.05) is 17.4 Å². The first-order chi connectivity index (χ1) is 12.7. The lowest BCUT2D eigenvalue weighted by Crippen LogP contribution is -2.40. The summed E-state index contributed by atoms with van der Waals surface area (Å²) in [5, 5.41) is 18.9. The molecule has 1 aromatic heterocycles. The second kappa shape index (κ2) is 6.68. The summed E-state index contributed by atoms with van der Waals surface area (Å²) in [5.74, 6) is -0.134. The Morgan fingerprint density at radius 1 is 1.04 bits per heavy atom. The molecule has 4 rings (SSSR count). The number of fused-ring (bicyclic) bond motifs is 1. The molecular weight excluding hydrogens is 328 g/mol. The monoisotopic (exact) mass is 344 g/mol. The molecule has 0 radical (unpaired) electrons. The summed E-state index contributed by atoms with van der Waals surface area (Å²) in [5.41, 5.74) is 2.47. The summed E-state index contributed by atoms with van der Waals surface area (Å²) in [6, 6.07) is 19.6. The summed E-state index contributed by atoms with van der Waals surface area (Å²) in [6.07, 6.45) is 2.60. The smallest absolute Gasteiger partial charge is 0.278 e. The highest BCUT2D eigenvalue weighted by Gasteiger charge is 2.33. The first kappa shape index (κ1) is 15.8. The van der Waals surface area contributed by atoms with Crippen LogP contribution in [0.15, 0.2) is 78.0 Å². The second-order valence-electron chi connectivity index (χ2n) is 5.80. The third-order valence-electron chi connectivity index (χ3n) is 4.13. The Hall–Kier alpha value is -3.67. The molecule has 6 nitrogen and oxygen atoms in total. The van der Waals surface area contributed by atoms with Crippen molar-refractivity contribution < 1.29 is 9.90 Å². The fraction of sp³-hybridized carbons (Fsp3) is 0.0500. The highest BCUT2D eigenvalue weighted by atomic mass is 16.3. The van der Waals surface area contributed by atoms with Gasteiger partial charge in [-0.1, -0.05) is 30.3 Å². The van der Waals surface area contributed by atoms with Gasteiger partial charge in [-0.3, -0.25) is 9.78 Å². The van der Waals surface area contributed by atoms with E-state index in [1.54, 1.807) is 36.5 Å². The van der Waals surface area contributed by atoms with Gasteiger partial charge in [0.25, 0.3) is 5.91 Å². The lowest BCUT2D eigenvalue weighted by molar-refractivity contribution is 0.0688. The number of amides is 1. The van der Waals surface area contributed by atoms with Crippen LogP contribution in [-0.4, -0.2) is 27.2 Å². The van der Waals surface area contributed by atoms with Gasteiger partial charge < -0.3 is 10.4 Å². The van der Waals surface area contributed by atoms with E-state index >= 15 is 0 Å². The van der Waals surface area contributed by atoms with E-state index in [-0.39, 0.29) is 11.7 Å². The van der Waals surface area contributed by atoms with Crippen LogP contribution in [0.5, 0.6) is 5.75 Å². The van der Waals surface area contributed by atoms with Gasteiger partial charge in [0.15, 0.2) is 6.17 Å². The zero-order valence-corrected chi connectivity index (χ0v) is 13.8. The number of pyridine rings is 1. The minimum absolute atomic E-state index is 0.100. The number of carbonyl (C=O) groups is 1. The molecule has 26 heavy (non-hydrogen) atoms. The molecule has 2 N–H and O–H groups in total. The molecular formula is C20H16N4O2. The number of benzene rings is 2. The molecule has 0 saturated carbocycles. The van der Waals surface area contributed by atoms with Crippen molar-refractivity contribution in [3.05, 3.63) is 89.7 Å². The largest absolute Gasteiger partial charge is 0.507 e. The number of nitrogens with one attached hydrogen (secondary N) is 1. The molecule has 1 aliphatic rings. The van der Waals surface area contributed by atoms with Gasteiger partial charge in [-0.15, -0.1) is 0 Å². The van der Waals surface area contributed by atoms with Crippen LogP contribution in [-0.2, 0) is 0 Å². The number of anilines is 1. The molecule has 2 heterocycles. The fourth-order valence-corrected chi connectivity index (χ4v) is 2.82. The third kappa shape index (κ3) is 2.88. The Bertz CT molecular complexity index is 972. The normalized spacial score (nSPS) is 16.4. The predicted molar refractivity (Wildman–Crippen MR) is 98.9 cm³/mol. The van der Waals surface area contributed by atoms with Crippen LogP contribution in [0.4, 0.5) is 5.69 Å². The number of aromatic nitrogens is 1. The van der Waals surface area contributed by atoms with E-state index in [0.29, 0.717) is 16.8 Å². The summed E-state index contributed by atoms with van der Waals surface area (Å²) < 4.78 is 0. The number of rotatable bonds is 3. The number of hydrogen-bond donors (Lipinski definition) is 2. The number of para-hydroxylation sites is 2. The minimum Gasteiger partial charge on any atom is -0.507 e. The van der Waals surface area contributed by atoms with Crippen molar-refractivity contribution in [2.24, 2.45) is 5.10 Å². The highest BCUT2D eigenvalue weighted by Crippen LogP contribution is 2.32. The van der Waals surface area contributed by atoms with E-state index < -0.39 is 6.17 Å². The Morgan fingerprint density at radius 3 is 2.62 bits per heavy atom. The highest BCUT2D eigenvalue weighted by molar-refractivity contribution is 6.02. The fourth-order valence-electron chi connectivity index (χ4n) is 2.82. The maximum atomic E-state index is 13.0. The molecule has 1 amide bonds. The van der Waals surface area contributed by atoms with Crippen molar-refractivity contribution in [3.8, 4) is 5.75 Å². The third-order valence-corrected chi connectivity index (χ3v) is 4.13. The Morgan fingerprint density at radius 2 is 1.81 bits per heavy atom. The summed E-state index contributed by atoms with van der Waals surface area (Å²) in [7, 11) is 0. The molecule has 0 fully saturated rings. The summed E-state index contributed by atoms with van der Waals surface area (Å²) in [4.78, 5) is 17.3. The number of hydrogen-bond acceptors (Lipinski definition) is 5. The van der Waals surface area contributed by atoms with Gasteiger partial charge >= 0.3 is 0 Å². The zero-order chi connectivity index (χ0) is 17.9. The van der Waals surface area contributed by atoms with Gasteiger partial charge in [0.05, 0.1) is 17.5 Å². The van der Waals surface area contributed by atoms with E-state index in [1.807, 2.05) is 36.4 Å². The molecule has 0 saturated heterocycles. The van der Waals surface area contributed by atoms with Crippen molar-refractivity contribution in [2.45, 2.75) is 6.17 Å². The van der Waals surface area contributed by atoms with Crippen LogP contribution < -0.4 is 5.32 Å². The molecule has 1 atom stereocenters. The maximum Gasteiger partial charge on any atom is 0.278 e. The summed E-state index contributed by atoms with van der Waals surface area (Å²) >= 11 is 0. The molecule has 6 heteroatoms. The standard InChI is InChI=1S/C20H16N4O2/c25-18-11-4-1-7-14(18)13-22-24-19(17-10-5-6-12-21-17)23-16-9-3-2-8-15(16)20(24)26/h1-13,19,23,25H/b22-13+/t19-/m1/s1. The summed E-state index contributed by atoms with van der Waals surface area (Å²) in [6.45, 7) is 0. The van der Waals surface area contributed by atoms with Crippen molar-refractivity contribution in [2.75, 3.05) is 5.32 Å². The quantitative estimate of drug-likeness (QED) is 0.714. The SMILES string of the molecule is O=C1c2ccccc2N[C@@H](c2ccccn2)N1/N=C/c1ccccc1O. The average molecular weight is 344 g/mol. The topological polar surface area (TPSA) is 77.8 Å². The Balaban J connectivity index is 1.76. The van der Waals surface area contributed by atoms with Crippen molar-refractivity contribution in [1.29, 1.82) is 0 Å². The van der Waals surface area contributed by atoms with Gasteiger partial charge in [-0.25, -0.2) is 5.01 Å². The number of phenolic OH excluding ortho intramolecular Hbond substituents is 1. The van der Waals surface area contributed by atoms with E-state index in [9.17, 15) is 9.90 Å². The second-order valence-corrected chi connectivity index (χ2v) is 5.80. The first-order valence-corrected chi connectivity index (χ1v) is 8.16. The molecule has 1 aliphatic heterocycles. The van der Waals surface area contributed by atoms with Crippen LogP contribution in [0.25, 0.3) is 0 Å². The molecule has 2 aromatic carbocycles. The van der Waals surface area contributed by atoms with E-state index in [2.05, 4.69) is 15.4 Å². The molecule has 0 unspecified atom stereocenters. The van der Waals surface area contributed by atoms with Crippen LogP contribution in [0.2, 0.25) is 0 Å². The van der Waals surface area contributed by atoms with Crippen molar-refractivity contribution in [3.63, 3.8) is 0 Å². The molecule has 3 aromatic rings. The molecule has 0 aliphatic carbocycles. The predicted octanol–water partition coefficient (Wildman–Crippen LogP) is 3.39. The number of nitrogens with zero attached hydrogens (tertiary/aromatic N) is 3. The lowest BCUT2D eigenvalue weighted by Gasteiger charge is -2.33. The van der Waals surface area contributed by atoms with Crippen LogP contribution >= 0.6 is 0 Å². The average Bonchev–Trinajstić information content (AvgIpc) is 2.69. The van der Waals surface area contributed by atoms with E-state index in [1.165, 1.54) is 11.2 Å².